The molecule has 1 aromatic heterocycles. The first-order valence-corrected chi connectivity index (χ1v) is 7.89. The number of nitrogens with zero attached hydrogens (tertiary/aromatic N) is 1. The summed E-state index contributed by atoms with van der Waals surface area (Å²) in [5, 5.41) is 2.04. The molecule has 0 spiro atoms. The molecule has 1 aromatic carbocycles. The number of amides is 1. The molecule has 0 aliphatic carbocycles. The zero-order chi connectivity index (χ0) is 14.7. The van der Waals surface area contributed by atoms with Crippen LogP contribution in [0.4, 0.5) is 4.39 Å². The summed E-state index contributed by atoms with van der Waals surface area (Å²) >= 11 is 1.69. The van der Waals surface area contributed by atoms with Crippen LogP contribution in [-0.2, 0) is 4.79 Å². The van der Waals surface area contributed by atoms with Crippen molar-refractivity contribution in [2.75, 3.05) is 6.54 Å². The maximum absolute atomic E-state index is 13.1. The maximum atomic E-state index is 13.1. The summed E-state index contributed by atoms with van der Waals surface area (Å²) in [4.78, 5) is 15.5. The molecule has 2 heterocycles. The van der Waals surface area contributed by atoms with Crippen LogP contribution in [0.2, 0.25) is 0 Å². The minimum Gasteiger partial charge on any atom is -0.331 e. The zero-order valence-electron chi connectivity index (χ0n) is 11.5. The van der Waals surface area contributed by atoms with Gasteiger partial charge in [-0.25, -0.2) is 4.39 Å². The van der Waals surface area contributed by atoms with Crippen molar-refractivity contribution >= 4 is 23.3 Å². The van der Waals surface area contributed by atoms with Crippen LogP contribution in [0.3, 0.4) is 0 Å². The van der Waals surface area contributed by atoms with Gasteiger partial charge in [-0.3, -0.25) is 4.79 Å². The summed E-state index contributed by atoms with van der Waals surface area (Å²) in [6, 6.07) is 10.5. The SMILES string of the molecule is O=C(/C=C/c1cccc(F)c1)N1CCCC1c1cccs1. The highest BCUT2D eigenvalue weighted by atomic mass is 32.1. The van der Waals surface area contributed by atoms with Crippen LogP contribution in [0.5, 0.6) is 0 Å². The Hall–Kier alpha value is -1.94. The molecule has 0 radical (unpaired) electrons. The normalized spacial score (nSPS) is 18.5. The van der Waals surface area contributed by atoms with Crippen LogP contribution < -0.4 is 0 Å². The zero-order valence-corrected chi connectivity index (χ0v) is 12.4. The van der Waals surface area contributed by atoms with Crippen molar-refractivity contribution in [3.05, 3.63) is 64.1 Å². The average molecular weight is 301 g/mol. The van der Waals surface area contributed by atoms with E-state index < -0.39 is 0 Å². The number of halogens is 1. The van der Waals surface area contributed by atoms with Gasteiger partial charge < -0.3 is 4.90 Å². The quantitative estimate of drug-likeness (QED) is 0.776. The van der Waals surface area contributed by atoms with Gasteiger partial charge in [-0.2, -0.15) is 0 Å². The predicted octanol–water partition coefficient (Wildman–Crippen LogP) is 4.26. The third-order valence-electron chi connectivity index (χ3n) is 3.67. The van der Waals surface area contributed by atoms with Gasteiger partial charge in [0.2, 0.25) is 5.91 Å². The second-order valence-corrected chi connectivity index (χ2v) is 6.07. The van der Waals surface area contributed by atoms with Crippen LogP contribution in [0.15, 0.2) is 47.9 Å². The number of likely N-dealkylation sites (tertiary alicyclic amines) is 1. The molecule has 1 fully saturated rings. The molecule has 1 aliphatic heterocycles. The van der Waals surface area contributed by atoms with Crippen molar-refractivity contribution in [1.82, 2.24) is 4.90 Å². The molecule has 21 heavy (non-hydrogen) atoms. The van der Waals surface area contributed by atoms with Gasteiger partial charge in [-0.1, -0.05) is 18.2 Å². The molecule has 2 aromatic rings. The van der Waals surface area contributed by atoms with E-state index in [4.69, 9.17) is 0 Å². The van der Waals surface area contributed by atoms with E-state index in [0.29, 0.717) is 5.56 Å². The Morgan fingerprint density at radius 1 is 1.33 bits per heavy atom. The second-order valence-electron chi connectivity index (χ2n) is 5.09. The smallest absolute Gasteiger partial charge is 0.247 e. The molecule has 2 nitrogen and oxygen atoms in total. The van der Waals surface area contributed by atoms with Crippen LogP contribution in [0, 0.1) is 5.82 Å². The molecule has 1 amide bonds. The molecule has 3 rings (SSSR count). The topological polar surface area (TPSA) is 20.3 Å². The third kappa shape index (κ3) is 3.22. The highest BCUT2D eigenvalue weighted by molar-refractivity contribution is 7.10. The molecular weight excluding hydrogens is 285 g/mol. The van der Waals surface area contributed by atoms with Gasteiger partial charge in [-0.05, 0) is 48.1 Å². The van der Waals surface area contributed by atoms with E-state index in [-0.39, 0.29) is 17.8 Å². The monoisotopic (exact) mass is 301 g/mol. The Kier molecular flexibility index (Phi) is 4.15. The van der Waals surface area contributed by atoms with Crippen molar-refractivity contribution in [2.24, 2.45) is 0 Å². The Labute approximate surface area is 127 Å². The minimum atomic E-state index is -0.290. The molecule has 0 N–H and O–H groups in total. The Morgan fingerprint density at radius 3 is 3.00 bits per heavy atom. The summed E-state index contributed by atoms with van der Waals surface area (Å²) in [6.07, 6.45) is 5.26. The Bertz CT molecular complexity index is 651. The summed E-state index contributed by atoms with van der Waals surface area (Å²) in [7, 11) is 0. The van der Waals surface area contributed by atoms with Crippen LogP contribution >= 0.6 is 11.3 Å². The molecule has 108 valence electrons. The van der Waals surface area contributed by atoms with Crippen molar-refractivity contribution in [2.45, 2.75) is 18.9 Å². The lowest BCUT2D eigenvalue weighted by atomic mass is 10.1. The van der Waals surface area contributed by atoms with E-state index in [2.05, 4.69) is 6.07 Å². The number of carbonyl (C=O) groups excluding carboxylic acids is 1. The van der Waals surface area contributed by atoms with E-state index in [1.165, 1.54) is 17.0 Å². The van der Waals surface area contributed by atoms with Crippen LogP contribution in [-0.4, -0.2) is 17.4 Å². The van der Waals surface area contributed by atoms with Crippen molar-refractivity contribution < 1.29 is 9.18 Å². The number of carbonyl (C=O) groups is 1. The Balaban J connectivity index is 1.73. The minimum absolute atomic E-state index is 0.00448. The van der Waals surface area contributed by atoms with E-state index in [1.54, 1.807) is 35.6 Å². The molecule has 1 atom stereocenters. The molecular formula is C17H16FNOS. The largest absolute Gasteiger partial charge is 0.331 e. The van der Waals surface area contributed by atoms with Gasteiger partial charge in [0.15, 0.2) is 0 Å². The summed E-state index contributed by atoms with van der Waals surface area (Å²) in [5.74, 6) is -0.294. The fourth-order valence-corrected chi connectivity index (χ4v) is 3.55. The van der Waals surface area contributed by atoms with Gasteiger partial charge in [0.05, 0.1) is 6.04 Å². The molecule has 0 bridgehead atoms. The number of rotatable bonds is 3. The van der Waals surface area contributed by atoms with E-state index in [0.717, 1.165) is 19.4 Å². The van der Waals surface area contributed by atoms with Crippen molar-refractivity contribution in [3.63, 3.8) is 0 Å². The number of benzene rings is 1. The highest BCUT2D eigenvalue weighted by Gasteiger charge is 2.29. The fraction of sp³-hybridized carbons (Fsp3) is 0.235. The molecule has 1 aliphatic rings. The molecule has 1 unspecified atom stereocenters. The summed E-state index contributed by atoms with van der Waals surface area (Å²) in [5.41, 5.74) is 0.704. The molecule has 0 saturated carbocycles. The van der Waals surface area contributed by atoms with Gasteiger partial charge in [-0.15, -0.1) is 11.3 Å². The summed E-state index contributed by atoms with van der Waals surface area (Å²) in [6.45, 7) is 0.787. The van der Waals surface area contributed by atoms with E-state index in [9.17, 15) is 9.18 Å². The van der Waals surface area contributed by atoms with Crippen molar-refractivity contribution in [3.8, 4) is 0 Å². The average Bonchev–Trinajstić information content (AvgIpc) is 3.14. The van der Waals surface area contributed by atoms with Gasteiger partial charge >= 0.3 is 0 Å². The van der Waals surface area contributed by atoms with Gasteiger partial charge in [0.25, 0.3) is 0 Å². The van der Waals surface area contributed by atoms with E-state index >= 15 is 0 Å². The van der Waals surface area contributed by atoms with Crippen LogP contribution in [0.25, 0.3) is 6.08 Å². The lowest BCUT2D eigenvalue weighted by molar-refractivity contribution is -0.126. The molecule has 4 heteroatoms. The van der Waals surface area contributed by atoms with E-state index in [1.807, 2.05) is 16.3 Å². The van der Waals surface area contributed by atoms with Gasteiger partial charge in [0.1, 0.15) is 5.82 Å². The van der Waals surface area contributed by atoms with Gasteiger partial charge in [0, 0.05) is 17.5 Å². The lowest BCUT2D eigenvalue weighted by Crippen LogP contribution is -2.28. The second kappa shape index (κ2) is 6.22. The van der Waals surface area contributed by atoms with Crippen LogP contribution in [0.1, 0.15) is 29.3 Å². The lowest BCUT2D eigenvalue weighted by Gasteiger charge is -2.22. The summed E-state index contributed by atoms with van der Waals surface area (Å²) < 4.78 is 13.1. The third-order valence-corrected chi connectivity index (χ3v) is 4.65. The number of thiophene rings is 1. The first-order valence-electron chi connectivity index (χ1n) is 7.02. The Morgan fingerprint density at radius 2 is 2.24 bits per heavy atom. The highest BCUT2D eigenvalue weighted by Crippen LogP contribution is 2.34. The number of hydrogen-bond donors (Lipinski definition) is 0. The molecule has 1 saturated heterocycles. The first-order chi connectivity index (χ1) is 10.2. The first kappa shape index (κ1) is 14.0. The standard InChI is InChI=1S/C17H16FNOS/c18-14-5-1-4-13(12-14)8-9-17(20)19-10-2-6-15(19)16-7-3-11-21-16/h1,3-5,7-9,11-12,15H,2,6,10H2/b9-8+. The maximum Gasteiger partial charge on any atom is 0.247 e. The predicted molar refractivity (Wildman–Crippen MR) is 83.4 cm³/mol. The van der Waals surface area contributed by atoms with Crippen molar-refractivity contribution in [1.29, 1.82) is 0 Å². The number of hydrogen-bond acceptors (Lipinski definition) is 2. The fourth-order valence-electron chi connectivity index (χ4n) is 2.68.